The number of methoxy groups -OCH3 is 2. The highest BCUT2D eigenvalue weighted by molar-refractivity contribution is 8.00. The summed E-state index contributed by atoms with van der Waals surface area (Å²) in [5.41, 5.74) is 0.918. The lowest BCUT2D eigenvalue weighted by Gasteiger charge is -2.28. The summed E-state index contributed by atoms with van der Waals surface area (Å²) < 4.78 is 10.7. The van der Waals surface area contributed by atoms with Gasteiger partial charge in [0.2, 0.25) is 5.91 Å². The zero-order chi connectivity index (χ0) is 19.1. The van der Waals surface area contributed by atoms with Crippen LogP contribution in [0.25, 0.3) is 0 Å². The van der Waals surface area contributed by atoms with E-state index in [1.807, 2.05) is 36.0 Å². The molecule has 2 aromatic rings. The minimum atomic E-state index is 0.0437. The van der Waals surface area contributed by atoms with Crippen molar-refractivity contribution in [3.8, 4) is 11.5 Å². The molecule has 0 spiro atoms. The molecule has 0 aromatic heterocycles. The average molecular weight is 386 g/mol. The Hall–Kier alpha value is -2.14. The van der Waals surface area contributed by atoms with Gasteiger partial charge in [-0.25, -0.2) is 0 Å². The van der Waals surface area contributed by atoms with E-state index in [9.17, 15) is 4.79 Å². The van der Waals surface area contributed by atoms with Crippen LogP contribution in [0.2, 0.25) is 0 Å². The van der Waals surface area contributed by atoms with Crippen molar-refractivity contribution in [1.82, 2.24) is 5.32 Å². The van der Waals surface area contributed by atoms with Crippen LogP contribution in [0.1, 0.15) is 31.2 Å². The number of carbonyl (C=O) groups excluding carboxylic acids is 1. The second-order valence-electron chi connectivity index (χ2n) is 6.95. The molecule has 1 saturated carbocycles. The number of hydrogen-bond donors (Lipinski definition) is 1. The van der Waals surface area contributed by atoms with Crippen molar-refractivity contribution in [3.63, 3.8) is 0 Å². The number of nitrogens with one attached hydrogen (secondary N) is 1. The molecule has 2 aromatic carbocycles. The lowest BCUT2D eigenvalue weighted by atomic mass is 10.1. The van der Waals surface area contributed by atoms with Crippen molar-refractivity contribution in [3.05, 3.63) is 54.1 Å². The largest absolute Gasteiger partial charge is 0.493 e. The van der Waals surface area contributed by atoms with E-state index in [1.165, 1.54) is 17.7 Å². The lowest BCUT2D eigenvalue weighted by molar-refractivity contribution is -0.120. The SMILES string of the molecule is COc1ccc(CC(=O)NCC2(Sc3ccccc3)CCCC2)cc1OC. The molecule has 0 heterocycles. The summed E-state index contributed by atoms with van der Waals surface area (Å²) in [4.78, 5) is 13.8. The zero-order valence-corrected chi connectivity index (χ0v) is 16.8. The summed E-state index contributed by atoms with van der Waals surface area (Å²) in [7, 11) is 3.21. The van der Waals surface area contributed by atoms with Gasteiger partial charge in [0, 0.05) is 16.2 Å². The molecule has 1 amide bonds. The molecule has 27 heavy (non-hydrogen) atoms. The number of ether oxygens (including phenoxy) is 2. The fourth-order valence-electron chi connectivity index (χ4n) is 3.57. The van der Waals surface area contributed by atoms with Crippen molar-refractivity contribution >= 4 is 17.7 Å². The zero-order valence-electron chi connectivity index (χ0n) is 16.0. The van der Waals surface area contributed by atoms with Gasteiger partial charge in [-0.3, -0.25) is 4.79 Å². The lowest BCUT2D eigenvalue weighted by Crippen LogP contribution is -2.39. The highest BCUT2D eigenvalue weighted by atomic mass is 32.2. The van der Waals surface area contributed by atoms with E-state index in [0.29, 0.717) is 24.5 Å². The normalized spacial score (nSPS) is 15.3. The molecule has 0 aliphatic heterocycles. The maximum absolute atomic E-state index is 12.5. The number of carbonyl (C=O) groups is 1. The second kappa shape index (κ2) is 9.18. The highest BCUT2D eigenvalue weighted by Crippen LogP contribution is 2.44. The first-order valence-corrected chi connectivity index (χ1v) is 10.2. The van der Waals surface area contributed by atoms with Gasteiger partial charge >= 0.3 is 0 Å². The van der Waals surface area contributed by atoms with Crippen LogP contribution in [-0.2, 0) is 11.2 Å². The smallest absolute Gasteiger partial charge is 0.224 e. The van der Waals surface area contributed by atoms with E-state index in [0.717, 1.165) is 18.4 Å². The quantitative estimate of drug-likeness (QED) is 0.728. The topological polar surface area (TPSA) is 47.6 Å². The second-order valence-corrected chi connectivity index (χ2v) is 8.49. The van der Waals surface area contributed by atoms with Crippen LogP contribution in [0.3, 0.4) is 0 Å². The van der Waals surface area contributed by atoms with Crippen LogP contribution in [-0.4, -0.2) is 31.4 Å². The highest BCUT2D eigenvalue weighted by Gasteiger charge is 2.35. The molecule has 0 unspecified atom stereocenters. The number of benzene rings is 2. The molecular weight excluding hydrogens is 358 g/mol. The molecule has 1 fully saturated rings. The van der Waals surface area contributed by atoms with Gasteiger partial charge in [0.1, 0.15) is 0 Å². The standard InChI is InChI=1S/C22H27NO3S/c1-25-19-11-10-17(14-20(19)26-2)15-21(24)23-16-22(12-6-7-13-22)27-18-8-4-3-5-9-18/h3-5,8-11,14H,6-7,12-13,15-16H2,1-2H3,(H,23,24). The molecule has 1 aliphatic carbocycles. The maximum Gasteiger partial charge on any atom is 0.224 e. The Kier molecular flexibility index (Phi) is 6.67. The van der Waals surface area contributed by atoms with Crippen LogP contribution >= 0.6 is 11.8 Å². The van der Waals surface area contributed by atoms with E-state index >= 15 is 0 Å². The number of hydrogen-bond acceptors (Lipinski definition) is 4. The maximum atomic E-state index is 12.5. The first-order valence-electron chi connectivity index (χ1n) is 9.36. The fourth-order valence-corrected chi connectivity index (χ4v) is 5.00. The number of rotatable bonds is 8. The first kappa shape index (κ1) is 19.6. The van der Waals surface area contributed by atoms with Gasteiger partial charge in [-0.05, 0) is 42.7 Å². The predicted molar refractivity (Wildman–Crippen MR) is 110 cm³/mol. The Morgan fingerprint density at radius 1 is 1.04 bits per heavy atom. The first-order chi connectivity index (χ1) is 13.1. The predicted octanol–water partition coefficient (Wildman–Crippen LogP) is 4.47. The molecule has 0 atom stereocenters. The van der Waals surface area contributed by atoms with Gasteiger partial charge in [0.15, 0.2) is 11.5 Å². The van der Waals surface area contributed by atoms with E-state index in [2.05, 4.69) is 29.6 Å². The summed E-state index contributed by atoms with van der Waals surface area (Å²) in [5, 5.41) is 3.17. The Morgan fingerprint density at radius 3 is 2.41 bits per heavy atom. The van der Waals surface area contributed by atoms with Crippen LogP contribution in [0.4, 0.5) is 0 Å². The molecular formula is C22H27NO3S. The van der Waals surface area contributed by atoms with Crippen LogP contribution < -0.4 is 14.8 Å². The molecule has 3 rings (SSSR count). The van der Waals surface area contributed by atoms with Gasteiger partial charge in [-0.1, -0.05) is 37.1 Å². The van der Waals surface area contributed by atoms with Gasteiger partial charge < -0.3 is 14.8 Å². The molecule has 5 heteroatoms. The van der Waals surface area contributed by atoms with E-state index in [1.54, 1.807) is 14.2 Å². The number of amides is 1. The van der Waals surface area contributed by atoms with Gasteiger partial charge in [0.25, 0.3) is 0 Å². The molecule has 0 bridgehead atoms. The van der Waals surface area contributed by atoms with Gasteiger partial charge in [0.05, 0.1) is 20.6 Å². The average Bonchev–Trinajstić information content (AvgIpc) is 3.16. The van der Waals surface area contributed by atoms with Crippen molar-refractivity contribution < 1.29 is 14.3 Å². The summed E-state index contributed by atoms with van der Waals surface area (Å²) in [6.07, 6.45) is 5.08. The van der Waals surface area contributed by atoms with Crippen molar-refractivity contribution in [2.75, 3.05) is 20.8 Å². The van der Waals surface area contributed by atoms with Crippen LogP contribution in [0.5, 0.6) is 11.5 Å². The van der Waals surface area contributed by atoms with E-state index in [-0.39, 0.29) is 10.7 Å². The van der Waals surface area contributed by atoms with E-state index < -0.39 is 0 Å². The molecule has 4 nitrogen and oxygen atoms in total. The molecule has 0 saturated heterocycles. The minimum Gasteiger partial charge on any atom is -0.493 e. The summed E-state index contributed by atoms with van der Waals surface area (Å²) in [6.45, 7) is 0.707. The number of thioether (sulfide) groups is 1. The summed E-state index contributed by atoms with van der Waals surface area (Å²) >= 11 is 1.91. The third kappa shape index (κ3) is 5.19. The fraction of sp³-hybridized carbons (Fsp3) is 0.409. The molecule has 1 aliphatic rings. The minimum absolute atomic E-state index is 0.0437. The van der Waals surface area contributed by atoms with Crippen molar-refractivity contribution in [2.24, 2.45) is 0 Å². The van der Waals surface area contributed by atoms with E-state index in [4.69, 9.17) is 9.47 Å². The molecule has 0 radical (unpaired) electrons. The van der Waals surface area contributed by atoms with Crippen LogP contribution in [0.15, 0.2) is 53.4 Å². The van der Waals surface area contributed by atoms with Gasteiger partial charge in [-0.2, -0.15) is 0 Å². The third-order valence-corrected chi connectivity index (χ3v) is 6.51. The van der Waals surface area contributed by atoms with Gasteiger partial charge in [-0.15, -0.1) is 11.8 Å². The summed E-state index contributed by atoms with van der Waals surface area (Å²) in [5.74, 6) is 1.36. The molecule has 144 valence electrons. The molecule has 1 N–H and O–H groups in total. The third-order valence-electron chi connectivity index (χ3n) is 5.01. The Labute approximate surface area is 165 Å². The van der Waals surface area contributed by atoms with Crippen molar-refractivity contribution in [1.29, 1.82) is 0 Å². The Morgan fingerprint density at radius 2 is 1.74 bits per heavy atom. The Bertz CT molecular complexity index is 757. The van der Waals surface area contributed by atoms with Crippen LogP contribution in [0, 0.1) is 0 Å². The van der Waals surface area contributed by atoms with Crippen molar-refractivity contribution in [2.45, 2.75) is 41.7 Å². The summed E-state index contributed by atoms with van der Waals surface area (Å²) in [6, 6.07) is 16.1. The Balaban J connectivity index is 1.60. The monoisotopic (exact) mass is 385 g/mol.